The summed E-state index contributed by atoms with van der Waals surface area (Å²) < 4.78 is 0. The van der Waals surface area contributed by atoms with Crippen LogP contribution in [0.15, 0.2) is 53.9 Å². The van der Waals surface area contributed by atoms with Crippen molar-refractivity contribution in [2.45, 2.75) is 0 Å². The average molecular weight is 404 g/mol. The van der Waals surface area contributed by atoms with Gasteiger partial charge in [0.15, 0.2) is 0 Å². The number of nitro groups is 1. The molecule has 27 heavy (non-hydrogen) atoms. The highest BCUT2D eigenvalue weighted by molar-refractivity contribution is 8.03. The molecule has 0 bridgehead atoms. The standard InChI is InChI=1S/C18H14ClN3O4S/c19-13-6-7-14(15(8-13)22(25)26)20-17(23)9-21-16(10-27-11-18(21)24)12-4-2-1-3-5-12/h1-8,10H,9,11H2,(H,20,23). The van der Waals surface area contributed by atoms with E-state index in [0.717, 1.165) is 11.6 Å². The first kappa shape index (κ1) is 18.9. The molecule has 7 nitrogen and oxygen atoms in total. The molecule has 2 amide bonds. The number of hydrogen-bond acceptors (Lipinski definition) is 5. The predicted molar refractivity (Wildman–Crippen MR) is 105 cm³/mol. The van der Waals surface area contributed by atoms with Gasteiger partial charge in [0.25, 0.3) is 5.69 Å². The van der Waals surface area contributed by atoms with Crippen LogP contribution in [0.3, 0.4) is 0 Å². The van der Waals surface area contributed by atoms with Gasteiger partial charge in [0.1, 0.15) is 12.2 Å². The van der Waals surface area contributed by atoms with Gasteiger partial charge >= 0.3 is 0 Å². The highest BCUT2D eigenvalue weighted by atomic mass is 35.5. The molecule has 1 heterocycles. The molecule has 1 aliphatic rings. The first-order valence-corrected chi connectivity index (χ1v) is 9.30. The molecule has 138 valence electrons. The fourth-order valence-electron chi connectivity index (χ4n) is 2.57. The lowest BCUT2D eigenvalue weighted by Gasteiger charge is -2.28. The number of thioether (sulfide) groups is 1. The van der Waals surface area contributed by atoms with Crippen LogP contribution in [0, 0.1) is 10.1 Å². The number of halogens is 1. The van der Waals surface area contributed by atoms with Gasteiger partial charge in [-0.1, -0.05) is 41.9 Å². The third-order valence-corrected chi connectivity index (χ3v) is 4.83. The molecular formula is C18H14ClN3O4S. The van der Waals surface area contributed by atoms with Crippen LogP contribution in [-0.2, 0) is 9.59 Å². The molecule has 0 saturated heterocycles. The first-order chi connectivity index (χ1) is 13.0. The Balaban J connectivity index is 1.80. The summed E-state index contributed by atoms with van der Waals surface area (Å²) in [5.41, 5.74) is 1.15. The SMILES string of the molecule is O=C(CN1C(=O)CSC=C1c1ccccc1)Nc1ccc(Cl)cc1[N+](=O)[O-]. The summed E-state index contributed by atoms with van der Waals surface area (Å²) in [5, 5.41) is 15.7. The van der Waals surface area contributed by atoms with Gasteiger partial charge in [-0.05, 0) is 23.1 Å². The Morgan fingerprint density at radius 2 is 2.00 bits per heavy atom. The zero-order valence-electron chi connectivity index (χ0n) is 13.9. The molecular weight excluding hydrogens is 390 g/mol. The van der Waals surface area contributed by atoms with E-state index in [9.17, 15) is 19.7 Å². The Hall–Kier alpha value is -2.84. The molecule has 1 N–H and O–H groups in total. The Morgan fingerprint density at radius 1 is 1.26 bits per heavy atom. The van der Waals surface area contributed by atoms with E-state index in [1.165, 1.54) is 28.8 Å². The number of benzene rings is 2. The molecule has 0 saturated carbocycles. The maximum atomic E-state index is 12.5. The fourth-order valence-corrected chi connectivity index (χ4v) is 3.54. The zero-order valence-corrected chi connectivity index (χ0v) is 15.5. The van der Waals surface area contributed by atoms with Gasteiger partial charge in [-0.15, -0.1) is 11.8 Å². The average Bonchev–Trinajstić information content (AvgIpc) is 2.65. The molecule has 0 radical (unpaired) electrons. The molecule has 0 spiro atoms. The van der Waals surface area contributed by atoms with E-state index in [2.05, 4.69) is 5.32 Å². The number of nitro benzene ring substituents is 1. The Morgan fingerprint density at radius 3 is 2.70 bits per heavy atom. The lowest BCUT2D eigenvalue weighted by Crippen LogP contribution is -2.39. The number of rotatable bonds is 5. The van der Waals surface area contributed by atoms with E-state index in [1.54, 1.807) is 0 Å². The van der Waals surface area contributed by atoms with Crippen molar-refractivity contribution in [3.63, 3.8) is 0 Å². The van der Waals surface area contributed by atoms with Crippen molar-refractivity contribution in [2.75, 3.05) is 17.6 Å². The summed E-state index contributed by atoms with van der Waals surface area (Å²) in [7, 11) is 0. The lowest BCUT2D eigenvalue weighted by molar-refractivity contribution is -0.383. The largest absolute Gasteiger partial charge is 0.319 e. The summed E-state index contributed by atoms with van der Waals surface area (Å²) in [6.07, 6.45) is 0. The minimum absolute atomic E-state index is 0.0264. The van der Waals surface area contributed by atoms with Crippen LogP contribution in [0.5, 0.6) is 0 Å². The van der Waals surface area contributed by atoms with Crippen LogP contribution >= 0.6 is 23.4 Å². The Bertz CT molecular complexity index is 933. The molecule has 2 aromatic rings. The van der Waals surface area contributed by atoms with Crippen molar-refractivity contribution in [1.82, 2.24) is 4.90 Å². The summed E-state index contributed by atoms with van der Waals surface area (Å²) in [5.74, 6) is -0.519. The normalized spacial score (nSPS) is 13.9. The van der Waals surface area contributed by atoms with E-state index in [4.69, 9.17) is 11.6 Å². The van der Waals surface area contributed by atoms with E-state index in [0.29, 0.717) is 5.70 Å². The Kier molecular flexibility index (Phi) is 5.78. The number of nitrogens with one attached hydrogen (secondary N) is 1. The molecule has 9 heteroatoms. The number of nitrogens with zero attached hydrogens (tertiary/aromatic N) is 2. The van der Waals surface area contributed by atoms with Gasteiger partial charge in [0.05, 0.1) is 16.4 Å². The third-order valence-electron chi connectivity index (χ3n) is 3.80. The van der Waals surface area contributed by atoms with Gasteiger partial charge in [0, 0.05) is 11.1 Å². The van der Waals surface area contributed by atoms with Crippen LogP contribution in [0.1, 0.15) is 5.56 Å². The van der Waals surface area contributed by atoms with Crippen LogP contribution in [-0.4, -0.2) is 33.9 Å². The lowest BCUT2D eigenvalue weighted by atomic mass is 10.1. The third kappa shape index (κ3) is 4.47. The second-order valence-corrected chi connectivity index (χ2v) is 6.92. The highest BCUT2D eigenvalue weighted by Crippen LogP contribution is 2.30. The predicted octanol–water partition coefficient (Wildman–Crippen LogP) is 3.76. The van der Waals surface area contributed by atoms with E-state index in [-0.39, 0.29) is 34.6 Å². The Labute approximate surface area is 164 Å². The van der Waals surface area contributed by atoms with Crippen molar-refractivity contribution in [3.8, 4) is 0 Å². The van der Waals surface area contributed by atoms with Gasteiger partial charge in [-0.3, -0.25) is 19.7 Å². The van der Waals surface area contributed by atoms with Crippen molar-refractivity contribution in [1.29, 1.82) is 0 Å². The van der Waals surface area contributed by atoms with Crippen molar-refractivity contribution >= 4 is 52.2 Å². The summed E-state index contributed by atoms with van der Waals surface area (Å²) >= 11 is 7.14. The van der Waals surface area contributed by atoms with Crippen LogP contribution in [0.4, 0.5) is 11.4 Å². The van der Waals surface area contributed by atoms with E-state index in [1.807, 2.05) is 35.7 Å². The molecule has 0 aliphatic carbocycles. The minimum Gasteiger partial charge on any atom is -0.319 e. The number of hydrogen-bond donors (Lipinski definition) is 1. The number of carbonyl (C=O) groups excluding carboxylic acids is 2. The molecule has 0 fully saturated rings. The maximum Gasteiger partial charge on any atom is 0.294 e. The van der Waals surface area contributed by atoms with Crippen molar-refractivity contribution < 1.29 is 14.5 Å². The smallest absolute Gasteiger partial charge is 0.294 e. The van der Waals surface area contributed by atoms with Crippen LogP contribution < -0.4 is 5.32 Å². The summed E-state index contributed by atoms with van der Waals surface area (Å²) in [6.45, 7) is -0.250. The van der Waals surface area contributed by atoms with Gasteiger partial charge < -0.3 is 10.2 Å². The quantitative estimate of drug-likeness (QED) is 0.606. The summed E-state index contributed by atoms with van der Waals surface area (Å²) in [4.78, 5) is 36.7. The topological polar surface area (TPSA) is 92.6 Å². The fraction of sp³-hybridized carbons (Fsp3) is 0.111. The second-order valence-electron chi connectivity index (χ2n) is 5.63. The second kappa shape index (κ2) is 8.24. The van der Waals surface area contributed by atoms with Gasteiger partial charge in [0.2, 0.25) is 11.8 Å². The van der Waals surface area contributed by atoms with Gasteiger partial charge in [-0.25, -0.2) is 0 Å². The molecule has 0 unspecified atom stereocenters. The maximum absolute atomic E-state index is 12.5. The first-order valence-electron chi connectivity index (χ1n) is 7.87. The van der Waals surface area contributed by atoms with Crippen LogP contribution in [0.25, 0.3) is 5.70 Å². The summed E-state index contributed by atoms with van der Waals surface area (Å²) in [6, 6.07) is 13.2. The van der Waals surface area contributed by atoms with Crippen molar-refractivity contribution in [2.24, 2.45) is 0 Å². The number of anilines is 1. The molecule has 3 rings (SSSR count). The molecule has 2 aromatic carbocycles. The van der Waals surface area contributed by atoms with Crippen LogP contribution in [0.2, 0.25) is 5.02 Å². The van der Waals surface area contributed by atoms with Gasteiger partial charge in [-0.2, -0.15) is 0 Å². The van der Waals surface area contributed by atoms with E-state index >= 15 is 0 Å². The molecule has 1 aliphatic heterocycles. The molecule has 0 aromatic heterocycles. The number of carbonyl (C=O) groups is 2. The number of amides is 2. The van der Waals surface area contributed by atoms with Crippen molar-refractivity contribution in [3.05, 3.63) is 74.6 Å². The zero-order chi connectivity index (χ0) is 19.4. The minimum atomic E-state index is -0.626. The van der Waals surface area contributed by atoms with E-state index < -0.39 is 10.8 Å². The highest BCUT2D eigenvalue weighted by Gasteiger charge is 2.26. The molecule has 0 atom stereocenters. The monoisotopic (exact) mass is 403 g/mol.